The summed E-state index contributed by atoms with van der Waals surface area (Å²) in [6, 6.07) is 3.66. The number of methoxy groups -OCH3 is 1. The molecule has 0 bridgehead atoms. The van der Waals surface area contributed by atoms with Gasteiger partial charge >= 0.3 is 0 Å². The quantitative estimate of drug-likeness (QED) is 0.782. The summed E-state index contributed by atoms with van der Waals surface area (Å²) in [5.74, 6) is 0. The summed E-state index contributed by atoms with van der Waals surface area (Å²) < 4.78 is 4.94. The zero-order valence-corrected chi connectivity index (χ0v) is 9.24. The lowest BCUT2D eigenvalue weighted by molar-refractivity contribution is -0.0503. The molecule has 0 unspecified atom stereocenters. The second-order valence-electron chi connectivity index (χ2n) is 3.85. The first-order valence-corrected chi connectivity index (χ1v) is 5.09. The van der Waals surface area contributed by atoms with Crippen molar-refractivity contribution in [3.05, 3.63) is 23.5 Å². The molecule has 1 aromatic rings. The number of halogens is 1. The van der Waals surface area contributed by atoms with Crippen molar-refractivity contribution in [2.45, 2.75) is 5.60 Å². The van der Waals surface area contributed by atoms with Gasteiger partial charge in [0, 0.05) is 19.0 Å². The molecule has 2 rings (SSSR count). The largest absolute Gasteiger partial charge is 0.384 e. The van der Waals surface area contributed by atoms with E-state index in [0.717, 1.165) is 5.69 Å². The highest BCUT2D eigenvalue weighted by Gasteiger charge is 2.41. The number of rotatable bonds is 3. The molecule has 5 heteroatoms. The zero-order chi connectivity index (χ0) is 10.9. The lowest BCUT2D eigenvalue weighted by Gasteiger charge is -2.47. The van der Waals surface area contributed by atoms with Gasteiger partial charge in [-0.15, -0.1) is 0 Å². The van der Waals surface area contributed by atoms with Crippen molar-refractivity contribution in [3.63, 3.8) is 0 Å². The first-order chi connectivity index (χ1) is 7.13. The molecule has 0 atom stereocenters. The summed E-state index contributed by atoms with van der Waals surface area (Å²) in [6.45, 7) is 1.50. The SMILES string of the molecule is COCC1(O)CN(c2ccnc(Cl)c2)C1. The fraction of sp³-hybridized carbons (Fsp3) is 0.500. The van der Waals surface area contributed by atoms with Crippen molar-refractivity contribution in [2.75, 3.05) is 31.7 Å². The van der Waals surface area contributed by atoms with Crippen LogP contribution in [0.25, 0.3) is 0 Å². The van der Waals surface area contributed by atoms with Crippen LogP contribution in [0.2, 0.25) is 5.15 Å². The minimum atomic E-state index is -0.718. The highest BCUT2D eigenvalue weighted by atomic mass is 35.5. The van der Waals surface area contributed by atoms with Crippen LogP contribution in [0.3, 0.4) is 0 Å². The maximum absolute atomic E-state index is 9.90. The Hall–Kier alpha value is -0.840. The van der Waals surface area contributed by atoms with E-state index in [2.05, 4.69) is 4.98 Å². The summed E-state index contributed by atoms with van der Waals surface area (Å²) in [5, 5.41) is 10.4. The van der Waals surface area contributed by atoms with Crippen LogP contribution in [0.5, 0.6) is 0 Å². The molecule has 0 saturated carbocycles. The van der Waals surface area contributed by atoms with E-state index in [1.54, 1.807) is 19.4 Å². The fourth-order valence-corrected chi connectivity index (χ4v) is 1.96. The molecule has 1 aromatic heterocycles. The molecule has 1 aliphatic heterocycles. The molecular formula is C10H13ClN2O2. The molecule has 4 nitrogen and oxygen atoms in total. The molecule has 0 aliphatic carbocycles. The average Bonchev–Trinajstić information content (AvgIpc) is 2.14. The molecule has 1 aliphatic rings. The van der Waals surface area contributed by atoms with Crippen LogP contribution >= 0.6 is 11.6 Å². The van der Waals surface area contributed by atoms with Gasteiger partial charge in [-0.05, 0) is 12.1 Å². The van der Waals surface area contributed by atoms with Gasteiger partial charge in [0.2, 0.25) is 0 Å². The van der Waals surface area contributed by atoms with Gasteiger partial charge in [-0.1, -0.05) is 11.6 Å². The third-order valence-corrected chi connectivity index (χ3v) is 2.67. The van der Waals surface area contributed by atoms with Crippen molar-refractivity contribution in [1.29, 1.82) is 0 Å². The third kappa shape index (κ3) is 2.22. The minimum Gasteiger partial charge on any atom is -0.384 e. The highest BCUT2D eigenvalue weighted by Crippen LogP contribution is 2.28. The molecule has 15 heavy (non-hydrogen) atoms. The Morgan fingerprint density at radius 1 is 1.67 bits per heavy atom. The Balaban J connectivity index is 2.00. The van der Waals surface area contributed by atoms with E-state index in [9.17, 15) is 5.11 Å². The Morgan fingerprint density at radius 3 is 3.00 bits per heavy atom. The topological polar surface area (TPSA) is 45.6 Å². The lowest BCUT2D eigenvalue weighted by atomic mass is 9.95. The van der Waals surface area contributed by atoms with Crippen LogP contribution < -0.4 is 4.90 Å². The average molecular weight is 229 g/mol. The van der Waals surface area contributed by atoms with E-state index in [1.165, 1.54) is 0 Å². The number of hydrogen-bond acceptors (Lipinski definition) is 4. The van der Waals surface area contributed by atoms with Crippen molar-refractivity contribution in [1.82, 2.24) is 4.98 Å². The van der Waals surface area contributed by atoms with Crippen molar-refractivity contribution >= 4 is 17.3 Å². The van der Waals surface area contributed by atoms with Gasteiger partial charge in [-0.2, -0.15) is 0 Å². The summed E-state index contributed by atoms with van der Waals surface area (Å²) in [5.41, 5.74) is 0.264. The first-order valence-electron chi connectivity index (χ1n) is 4.71. The Morgan fingerprint density at radius 2 is 2.40 bits per heavy atom. The van der Waals surface area contributed by atoms with Gasteiger partial charge in [-0.3, -0.25) is 0 Å². The summed E-state index contributed by atoms with van der Waals surface area (Å²) >= 11 is 5.78. The number of aromatic nitrogens is 1. The third-order valence-electron chi connectivity index (χ3n) is 2.46. The van der Waals surface area contributed by atoms with Crippen molar-refractivity contribution in [2.24, 2.45) is 0 Å². The molecule has 0 radical (unpaired) electrons. The van der Waals surface area contributed by atoms with Gasteiger partial charge < -0.3 is 14.7 Å². The number of anilines is 1. The van der Waals surface area contributed by atoms with E-state index in [-0.39, 0.29) is 0 Å². The van der Waals surface area contributed by atoms with Crippen LogP contribution in [0, 0.1) is 0 Å². The molecule has 1 fully saturated rings. The first kappa shape index (κ1) is 10.7. The van der Waals surface area contributed by atoms with E-state index in [1.807, 2.05) is 11.0 Å². The molecule has 0 amide bonds. The predicted octanol–water partition coefficient (Wildman–Crippen LogP) is 0.933. The summed E-state index contributed by atoms with van der Waals surface area (Å²) in [6.07, 6.45) is 1.66. The number of β-amino-alcohol motifs (C(OH)–C–C–N with tert-alkyl or cyclic N) is 1. The van der Waals surface area contributed by atoms with E-state index in [0.29, 0.717) is 24.8 Å². The van der Waals surface area contributed by atoms with Gasteiger partial charge in [-0.25, -0.2) is 4.98 Å². The molecular weight excluding hydrogens is 216 g/mol. The monoisotopic (exact) mass is 228 g/mol. The van der Waals surface area contributed by atoms with Crippen LogP contribution in [-0.2, 0) is 4.74 Å². The standard InChI is InChI=1S/C10H13ClN2O2/c1-15-7-10(14)5-13(6-10)8-2-3-12-9(11)4-8/h2-4,14H,5-7H2,1H3. The van der Waals surface area contributed by atoms with E-state index < -0.39 is 5.60 Å². The fourth-order valence-electron chi connectivity index (χ4n) is 1.80. The Bertz CT molecular complexity index is 353. The maximum atomic E-state index is 9.90. The number of nitrogens with zero attached hydrogens (tertiary/aromatic N) is 2. The minimum absolute atomic E-state index is 0.363. The van der Waals surface area contributed by atoms with Crippen LogP contribution in [0.15, 0.2) is 18.3 Å². The molecule has 1 N–H and O–H groups in total. The van der Waals surface area contributed by atoms with Crippen LogP contribution in [0.4, 0.5) is 5.69 Å². The van der Waals surface area contributed by atoms with E-state index >= 15 is 0 Å². The molecule has 1 saturated heterocycles. The number of hydrogen-bond donors (Lipinski definition) is 1. The van der Waals surface area contributed by atoms with Crippen molar-refractivity contribution in [3.8, 4) is 0 Å². The highest BCUT2D eigenvalue weighted by molar-refractivity contribution is 6.29. The van der Waals surface area contributed by atoms with Gasteiger partial charge in [0.1, 0.15) is 10.8 Å². The summed E-state index contributed by atoms with van der Waals surface area (Å²) in [4.78, 5) is 5.94. The van der Waals surface area contributed by atoms with Gasteiger partial charge in [0.05, 0.1) is 19.7 Å². The number of aliphatic hydroxyl groups is 1. The van der Waals surface area contributed by atoms with Gasteiger partial charge in [0.25, 0.3) is 0 Å². The second-order valence-corrected chi connectivity index (χ2v) is 4.24. The van der Waals surface area contributed by atoms with E-state index in [4.69, 9.17) is 16.3 Å². The molecule has 0 spiro atoms. The predicted molar refractivity (Wildman–Crippen MR) is 58.3 cm³/mol. The number of ether oxygens (including phenoxy) is 1. The molecule has 82 valence electrons. The lowest BCUT2D eigenvalue weighted by Crippen LogP contribution is -2.64. The maximum Gasteiger partial charge on any atom is 0.131 e. The summed E-state index contributed by atoms with van der Waals surface area (Å²) in [7, 11) is 1.59. The van der Waals surface area contributed by atoms with Crippen molar-refractivity contribution < 1.29 is 9.84 Å². The van der Waals surface area contributed by atoms with Crippen LogP contribution in [0.1, 0.15) is 0 Å². The number of pyridine rings is 1. The Kier molecular flexibility index (Phi) is 2.82. The normalized spacial score (nSPS) is 18.7. The second kappa shape index (κ2) is 3.96. The smallest absolute Gasteiger partial charge is 0.131 e. The van der Waals surface area contributed by atoms with Crippen LogP contribution in [-0.4, -0.2) is 42.5 Å². The zero-order valence-electron chi connectivity index (χ0n) is 8.48. The molecule has 0 aromatic carbocycles. The Labute approximate surface area is 93.4 Å². The molecule has 2 heterocycles. The van der Waals surface area contributed by atoms with Gasteiger partial charge in [0.15, 0.2) is 0 Å².